The molecule has 2 rings (SSSR count). The van der Waals surface area contributed by atoms with Crippen LogP contribution < -0.4 is 5.32 Å². The van der Waals surface area contributed by atoms with E-state index in [1.807, 2.05) is 42.1 Å². The van der Waals surface area contributed by atoms with Gasteiger partial charge in [-0.25, -0.2) is 4.98 Å². The number of rotatable bonds is 4. The van der Waals surface area contributed by atoms with Crippen LogP contribution in [0.15, 0.2) is 36.7 Å². The van der Waals surface area contributed by atoms with Gasteiger partial charge in [0.25, 0.3) is 0 Å². The van der Waals surface area contributed by atoms with Crippen molar-refractivity contribution in [2.45, 2.75) is 13.2 Å². The van der Waals surface area contributed by atoms with Gasteiger partial charge in [0, 0.05) is 26.0 Å². The summed E-state index contributed by atoms with van der Waals surface area (Å²) < 4.78 is 1.93. The molecule has 0 aliphatic carbocycles. The Morgan fingerprint density at radius 2 is 1.94 bits per heavy atom. The molecule has 0 bridgehead atoms. The minimum atomic E-state index is 0.0904. The molecule has 0 unspecified atom stereocenters. The Morgan fingerprint density at radius 1 is 1.25 bits per heavy atom. The van der Waals surface area contributed by atoms with Crippen molar-refractivity contribution in [1.29, 1.82) is 0 Å². The van der Waals surface area contributed by atoms with Gasteiger partial charge < -0.3 is 15.0 Å². The fourth-order valence-corrected chi connectivity index (χ4v) is 1.48. The Kier molecular flexibility index (Phi) is 3.22. The smallest absolute Gasteiger partial charge is 0.202 e. The lowest BCUT2D eigenvalue weighted by Gasteiger charge is -2.06. The zero-order chi connectivity index (χ0) is 11.4. The number of benzene rings is 1. The van der Waals surface area contributed by atoms with E-state index in [2.05, 4.69) is 10.3 Å². The van der Waals surface area contributed by atoms with Gasteiger partial charge in [0.2, 0.25) is 5.95 Å². The molecule has 16 heavy (non-hydrogen) atoms. The summed E-state index contributed by atoms with van der Waals surface area (Å²) in [6, 6.07) is 7.86. The number of imidazole rings is 1. The Morgan fingerprint density at radius 3 is 2.50 bits per heavy atom. The summed E-state index contributed by atoms with van der Waals surface area (Å²) in [4.78, 5) is 4.18. The monoisotopic (exact) mass is 217 g/mol. The summed E-state index contributed by atoms with van der Waals surface area (Å²) >= 11 is 0. The third-order valence-electron chi connectivity index (χ3n) is 2.48. The van der Waals surface area contributed by atoms with Crippen molar-refractivity contribution in [3.8, 4) is 0 Å². The summed E-state index contributed by atoms with van der Waals surface area (Å²) in [5.41, 5.74) is 2.10. The lowest BCUT2D eigenvalue weighted by Crippen LogP contribution is -2.04. The normalized spacial score (nSPS) is 10.4. The van der Waals surface area contributed by atoms with E-state index in [-0.39, 0.29) is 6.61 Å². The van der Waals surface area contributed by atoms with Gasteiger partial charge in [0.05, 0.1) is 6.61 Å². The summed E-state index contributed by atoms with van der Waals surface area (Å²) in [5, 5.41) is 12.2. The Hall–Kier alpha value is -1.81. The molecule has 0 saturated heterocycles. The summed E-state index contributed by atoms with van der Waals surface area (Å²) in [5.74, 6) is 0.853. The maximum Gasteiger partial charge on any atom is 0.202 e. The molecule has 0 saturated carbocycles. The highest BCUT2D eigenvalue weighted by Gasteiger charge is 1.98. The number of anilines is 1. The molecule has 4 nitrogen and oxygen atoms in total. The molecule has 0 radical (unpaired) electrons. The minimum absolute atomic E-state index is 0.0904. The van der Waals surface area contributed by atoms with Gasteiger partial charge >= 0.3 is 0 Å². The van der Waals surface area contributed by atoms with Crippen LogP contribution in [0.2, 0.25) is 0 Å². The van der Waals surface area contributed by atoms with Crippen molar-refractivity contribution < 1.29 is 5.11 Å². The molecule has 1 aromatic carbocycles. The van der Waals surface area contributed by atoms with Crippen molar-refractivity contribution in [2.75, 3.05) is 5.32 Å². The number of aliphatic hydroxyl groups excluding tert-OH is 1. The number of nitrogens with one attached hydrogen (secondary N) is 1. The molecule has 84 valence electrons. The molecule has 1 aromatic heterocycles. The van der Waals surface area contributed by atoms with Crippen LogP contribution in [0.25, 0.3) is 0 Å². The Balaban J connectivity index is 1.97. The molecule has 0 amide bonds. The van der Waals surface area contributed by atoms with E-state index < -0.39 is 0 Å². The van der Waals surface area contributed by atoms with E-state index >= 15 is 0 Å². The zero-order valence-electron chi connectivity index (χ0n) is 9.22. The minimum Gasteiger partial charge on any atom is -0.392 e. The van der Waals surface area contributed by atoms with Crippen LogP contribution >= 0.6 is 0 Å². The average molecular weight is 217 g/mol. The first kappa shape index (κ1) is 10.7. The predicted octanol–water partition coefficient (Wildman–Crippen LogP) is 1.52. The molecule has 1 heterocycles. The van der Waals surface area contributed by atoms with E-state index in [0.29, 0.717) is 0 Å². The topological polar surface area (TPSA) is 50.1 Å². The quantitative estimate of drug-likeness (QED) is 0.816. The molecule has 4 heteroatoms. The van der Waals surface area contributed by atoms with Gasteiger partial charge in [-0.1, -0.05) is 24.3 Å². The molecule has 0 fully saturated rings. The van der Waals surface area contributed by atoms with Gasteiger partial charge in [-0.2, -0.15) is 0 Å². The van der Waals surface area contributed by atoms with Crippen LogP contribution in [-0.2, 0) is 20.2 Å². The van der Waals surface area contributed by atoms with Crippen molar-refractivity contribution in [3.05, 3.63) is 47.8 Å². The second-order valence-electron chi connectivity index (χ2n) is 3.69. The summed E-state index contributed by atoms with van der Waals surface area (Å²) in [6.07, 6.45) is 3.66. The molecule has 2 N–H and O–H groups in total. The van der Waals surface area contributed by atoms with Gasteiger partial charge in [-0.15, -0.1) is 0 Å². The number of aryl methyl sites for hydroxylation is 1. The standard InChI is InChI=1S/C12H15N3O/c1-15-7-6-13-12(15)14-8-10-2-4-11(9-16)5-3-10/h2-7,16H,8-9H2,1H3,(H,13,14). The second-order valence-corrected chi connectivity index (χ2v) is 3.69. The molecule has 2 aromatic rings. The van der Waals surface area contributed by atoms with Crippen molar-refractivity contribution in [3.63, 3.8) is 0 Å². The third-order valence-corrected chi connectivity index (χ3v) is 2.48. The fraction of sp³-hybridized carbons (Fsp3) is 0.250. The van der Waals surface area contributed by atoms with Crippen LogP contribution in [0.1, 0.15) is 11.1 Å². The van der Waals surface area contributed by atoms with Crippen LogP contribution in [0, 0.1) is 0 Å². The van der Waals surface area contributed by atoms with Crippen LogP contribution in [0.4, 0.5) is 5.95 Å². The van der Waals surface area contributed by atoms with Gasteiger partial charge in [0.1, 0.15) is 0 Å². The second kappa shape index (κ2) is 4.81. The number of aromatic nitrogens is 2. The maximum atomic E-state index is 8.92. The third kappa shape index (κ3) is 2.41. The first-order valence-electron chi connectivity index (χ1n) is 5.19. The zero-order valence-corrected chi connectivity index (χ0v) is 9.22. The van der Waals surface area contributed by atoms with E-state index in [1.54, 1.807) is 6.20 Å². The van der Waals surface area contributed by atoms with Crippen molar-refractivity contribution >= 4 is 5.95 Å². The molecular weight excluding hydrogens is 202 g/mol. The number of hydrogen-bond donors (Lipinski definition) is 2. The van der Waals surface area contributed by atoms with E-state index in [4.69, 9.17) is 5.11 Å². The first-order valence-corrected chi connectivity index (χ1v) is 5.19. The maximum absolute atomic E-state index is 8.92. The highest BCUT2D eigenvalue weighted by molar-refractivity contribution is 5.29. The molecule has 0 spiro atoms. The summed E-state index contributed by atoms with van der Waals surface area (Å²) in [6.45, 7) is 0.823. The Labute approximate surface area is 94.6 Å². The van der Waals surface area contributed by atoms with Crippen molar-refractivity contribution in [1.82, 2.24) is 9.55 Å². The SMILES string of the molecule is Cn1ccnc1NCc1ccc(CO)cc1. The molecule has 0 aliphatic heterocycles. The van der Waals surface area contributed by atoms with E-state index in [1.165, 1.54) is 5.56 Å². The van der Waals surface area contributed by atoms with Crippen molar-refractivity contribution in [2.24, 2.45) is 7.05 Å². The van der Waals surface area contributed by atoms with Gasteiger partial charge in [-0.3, -0.25) is 0 Å². The lowest BCUT2D eigenvalue weighted by molar-refractivity contribution is 0.282. The first-order chi connectivity index (χ1) is 7.79. The average Bonchev–Trinajstić information content (AvgIpc) is 2.73. The molecule has 0 aliphatic rings. The van der Waals surface area contributed by atoms with Gasteiger partial charge in [0.15, 0.2) is 0 Å². The summed E-state index contributed by atoms with van der Waals surface area (Å²) in [7, 11) is 1.95. The number of hydrogen-bond acceptors (Lipinski definition) is 3. The van der Waals surface area contributed by atoms with Crippen LogP contribution in [0.3, 0.4) is 0 Å². The lowest BCUT2D eigenvalue weighted by atomic mass is 10.1. The number of nitrogens with zero attached hydrogens (tertiary/aromatic N) is 2. The van der Waals surface area contributed by atoms with Gasteiger partial charge in [-0.05, 0) is 11.1 Å². The van der Waals surface area contributed by atoms with E-state index in [9.17, 15) is 0 Å². The fourth-order valence-electron chi connectivity index (χ4n) is 1.48. The highest BCUT2D eigenvalue weighted by Crippen LogP contribution is 2.07. The largest absolute Gasteiger partial charge is 0.392 e. The molecular formula is C12H15N3O. The Bertz CT molecular complexity index is 448. The highest BCUT2D eigenvalue weighted by atomic mass is 16.3. The van der Waals surface area contributed by atoms with Crippen LogP contribution in [0.5, 0.6) is 0 Å². The number of aliphatic hydroxyl groups is 1. The van der Waals surface area contributed by atoms with E-state index in [0.717, 1.165) is 18.1 Å². The predicted molar refractivity (Wildman–Crippen MR) is 62.9 cm³/mol. The van der Waals surface area contributed by atoms with Crippen LogP contribution in [-0.4, -0.2) is 14.7 Å². The molecule has 0 atom stereocenters.